The molecule has 0 aromatic heterocycles. The predicted octanol–water partition coefficient (Wildman–Crippen LogP) is 6.25. The standard InChI is InChI=1S/C21H42O5S/c1-9-10-11-12-16-27-17-13-18(22)23-25-20(5,6)14-15-21(7,8)26-24-19(2,3)4/h9-17H2,1-8H3. The van der Waals surface area contributed by atoms with Gasteiger partial charge >= 0.3 is 5.97 Å². The summed E-state index contributed by atoms with van der Waals surface area (Å²) in [5.41, 5.74) is -1.38. The van der Waals surface area contributed by atoms with Gasteiger partial charge in [-0.2, -0.15) is 16.6 Å². The summed E-state index contributed by atoms with van der Waals surface area (Å²) in [7, 11) is 0. The molecule has 0 radical (unpaired) electrons. The van der Waals surface area contributed by atoms with Crippen molar-refractivity contribution < 1.29 is 24.3 Å². The number of hydrogen-bond donors (Lipinski definition) is 0. The van der Waals surface area contributed by atoms with Crippen LogP contribution in [0.1, 0.15) is 100 Å². The van der Waals surface area contributed by atoms with Crippen LogP contribution in [0.4, 0.5) is 0 Å². The van der Waals surface area contributed by atoms with E-state index in [0.717, 1.165) is 11.5 Å². The summed E-state index contributed by atoms with van der Waals surface area (Å²) in [5, 5.41) is 0. The summed E-state index contributed by atoms with van der Waals surface area (Å²) in [4.78, 5) is 33.2. The third-order valence-electron chi connectivity index (χ3n) is 3.80. The van der Waals surface area contributed by atoms with E-state index in [1.807, 2.05) is 48.5 Å². The van der Waals surface area contributed by atoms with E-state index in [9.17, 15) is 4.79 Å². The van der Waals surface area contributed by atoms with Crippen molar-refractivity contribution in [2.45, 2.75) is 117 Å². The second kappa shape index (κ2) is 13.0. The first-order valence-corrected chi connectivity index (χ1v) is 11.4. The number of carbonyl (C=O) groups is 1. The van der Waals surface area contributed by atoms with Crippen LogP contribution in [0.15, 0.2) is 0 Å². The lowest BCUT2D eigenvalue weighted by Crippen LogP contribution is -2.34. The smallest absolute Gasteiger partial charge is 0.298 e. The van der Waals surface area contributed by atoms with Gasteiger partial charge in [0.1, 0.15) is 5.60 Å². The highest BCUT2D eigenvalue weighted by Crippen LogP contribution is 2.26. The lowest BCUT2D eigenvalue weighted by molar-refractivity contribution is -0.400. The van der Waals surface area contributed by atoms with Crippen molar-refractivity contribution in [3.63, 3.8) is 0 Å². The summed E-state index contributed by atoms with van der Waals surface area (Å²) in [5.74, 6) is 1.57. The molecule has 162 valence electrons. The zero-order chi connectivity index (χ0) is 21.0. The van der Waals surface area contributed by atoms with Gasteiger partial charge in [-0.15, -0.1) is 0 Å². The van der Waals surface area contributed by atoms with Crippen LogP contribution in [-0.4, -0.2) is 34.3 Å². The van der Waals surface area contributed by atoms with Crippen LogP contribution in [0.5, 0.6) is 0 Å². The van der Waals surface area contributed by atoms with Crippen LogP contribution in [0, 0.1) is 0 Å². The molecule has 0 aromatic carbocycles. The van der Waals surface area contributed by atoms with Crippen LogP contribution in [0.3, 0.4) is 0 Å². The first kappa shape index (κ1) is 26.7. The zero-order valence-electron chi connectivity index (χ0n) is 18.8. The first-order chi connectivity index (χ1) is 12.4. The highest BCUT2D eigenvalue weighted by molar-refractivity contribution is 7.99. The molecule has 6 heteroatoms. The summed E-state index contributed by atoms with van der Waals surface area (Å²) < 4.78 is 0. The number of rotatable bonds is 15. The molecular formula is C21H42O5S. The molecule has 0 aliphatic rings. The molecule has 0 N–H and O–H groups in total. The van der Waals surface area contributed by atoms with Crippen molar-refractivity contribution in [1.82, 2.24) is 0 Å². The van der Waals surface area contributed by atoms with Crippen molar-refractivity contribution in [2.24, 2.45) is 0 Å². The third-order valence-corrected chi connectivity index (χ3v) is 4.87. The average Bonchev–Trinajstić information content (AvgIpc) is 2.56. The molecule has 0 aliphatic heterocycles. The zero-order valence-corrected chi connectivity index (χ0v) is 19.6. The SMILES string of the molecule is CCCCCCSCCC(=O)OOC(C)(C)CCC(C)(C)OOC(C)(C)C. The van der Waals surface area contributed by atoms with Gasteiger partial charge in [-0.25, -0.2) is 14.6 Å². The van der Waals surface area contributed by atoms with Crippen LogP contribution < -0.4 is 0 Å². The Labute approximate surface area is 171 Å². The molecule has 0 unspecified atom stereocenters. The van der Waals surface area contributed by atoms with Crippen molar-refractivity contribution in [1.29, 1.82) is 0 Å². The number of carbonyl (C=O) groups excluding carboxylic acids is 1. The van der Waals surface area contributed by atoms with Gasteiger partial charge in [-0.1, -0.05) is 26.2 Å². The van der Waals surface area contributed by atoms with Crippen LogP contribution in [-0.2, 0) is 24.3 Å². The maximum Gasteiger partial charge on any atom is 0.343 e. The summed E-state index contributed by atoms with van der Waals surface area (Å²) >= 11 is 1.80. The molecule has 0 fully saturated rings. The van der Waals surface area contributed by atoms with Gasteiger partial charge in [0.2, 0.25) is 0 Å². The molecule has 0 heterocycles. The van der Waals surface area contributed by atoms with E-state index >= 15 is 0 Å². The van der Waals surface area contributed by atoms with E-state index in [1.165, 1.54) is 25.7 Å². The highest BCUT2D eigenvalue weighted by Gasteiger charge is 2.29. The fraction of sp³-hybridized carbons (Fsp3) is 0.952. The van der Waals surface area contributed by atoms with Gasteiger partial charge < -0.3 is 0 Å². The van der Waals surface area contributed by atoms with E-state index in [-0.39, 0.29) is 11.6 Å². The molecule has 0 atom stereocenters. The van der Waals surface area contributed by atoms with Crippen LogP contribution >= 0.6 is 11.8 Å². The maximum atomic E-state index is 11.8. The predicted molar refractivity (Wildman–Crippen MR) is 113 cm³/mol. The molecule has 0 saturated carbocycles. The molecule has 27 heavy (non-hydrogen) atoms. The average molecular weight is 407 g/mol. The molecular weight excluding hydrogens is 364 g/mol. The van der Waals surface area contributed by atoms with E-state index < -0.39 is 11.2 Å². The Bertz CT molecular complexity index is 402. The molecule has 0 aromatic rings. The van der Waals surface area contributed by atoms with Crippen molar-refractivity contribution in [3.8, 4) is 0 Å². The Kier molecular flexibility index (Phi) is 12.9. The maximum absolute atomic E-state index is 11.8. The van der Waals surface area contributed by atoms with E-state index in [0.29, 0.717) is 19.3 Å². The van der Waals surface area contributed by atoms with E-state index in [2.05, 4.69) is 6.92 Å². The fourth-order valence-corrected chi connectivity index (χ4v) is 2.94. The van der Waals surface area contributed by atoms with Gasteiger partial charge in [0, 0.05) is 5.75 Å². The Morgan fingerprint density at radius 3 is 1.93 bits per heavy atom. The molecule has 0 amide bonds. The van der Waals surface area contributed by atoms with Crippen LogP contribution in [0.25, 0.3) is 0 Å². The molecule has 0 aliphatic carbocycles. The molecule has 0 saturated heterocycles. The van der Waals surface area contributed by atoms with Gasteiger partial charge in [-0.3, -0.25) is 4.89 Å². The Balaban J connectivity index is 3.95. The monoisotopic (exact) mass is 406 g/mol. The van der Waals surface area contributed by atoms with Crippen molar-refractivity contribution in [2.75, 3.05) is 11.5 Å². The molecule has 0 spiro atoms. The second-order valence-corrected chi connectivity index (χ2v) is 10.5. The summed E-state index contributed by atoms with van der Waals surface area (Å²) in [6, 6.07) is 0. The van der Waals surface area contributed by atoms with Gasteiger partial charge in [0.05, 0.1) is 17.6 Å². The van der Waals surface area contributed by atoms with Gasteiger partial charge in [-0.05, 0) is 73.5 Å². The minimum atomic E-state index is -0.578. The second-order valence-electron chi connectivity index (χ2n) is 9.26. The normalized spacial score (nSPS) is 13.0. The topological polar surface area (TPSA) is 54.0 Å². The quantitative estimate of drug-likeness (QED) is 0.182. The summed E-state index contributed by atoms with van der Waals surface area (Å²) in [6.07, 6.45) is 6.78. The third kappa shape index (κ3) is 17.5. The lowest BCUT2D eigenvalue weighted by Gasteiger charge is -2.31. The number of thioether (sulfide) groups is 1. The lowest BCUT2D eigenvalue weighted by atomic mass is 9.94. The van der Waals surface area contributed by atoms with Gasteiger partial charge in [0.15, 0.2) is 0 Å². The largest absolute Gasteiger partial charge is 0.343 e. The highest BCUT2D eigenvalue weighted by atomic mass is 32.2. The Hall–Kier alpha value is -0.300. The van der Waals surface area contributed by atoms with Gasteiger partial charge in [0.25, 0.3) is 0 Å². The van der Waals surface area contributed by atoms with E-state index in [4.69, 9.17) is 19.6 Å². The number of hydrogen-bond acceptors (Lipinski definition) is 6. The number of unbranched alkanes of at least 4 members (excludes halogenated alkanes) is 3. The minimum absolute atomic E-state index is 0.310. The molecule has 0 bridgehead atoms. The molecule has 0 rings (SSSR count). The van der Waals surface area contributed by atoms with E-state index in [1.54, 1.807) is 11.8 Å². The Morgan fingerprint density at radius 2 is 1.37 bits per heavy atom. The van der Waals surface area contributed by atoms with Crippen LogP contribution in [0.2, 0.25) is 0 Å². The first-order valence-electron chi connectivity index (χ1n) is 10.2. The fourth-order valence-electron chi connectivity index (χ4n) is 2.01. The Morgan fingerprint density at radius 1 is 0.778 bits per heavy atom. The van der Waals surface area contributed by atoms with Crippen molar-refractivity contribution in [3.05, 3.63) is 0 Å². The minimum Gasteiger partial charge on any atom is -0.298 e. The molecule has 5 nitrogen and oxygen atoms in total. The van der Waals surface area contributed by atoms with Crippen molar-refractivity contribution >= 4 is 17.7 Å². The summed E-state index contributed by atoms with van der Waals surface area (Å²) in [6.45, 7) is 15.8.